The van der Waals surface area contributed by atoms with Gasteiger partial charge in [-0.05, 0) is 86.7 Å². The van der Waals surface area contributed by atoms with Gasteiger partial charge < -0.3 is 10.3 Å². The molecule has 3 aromatic rings. The fraction of sp³-hybridized carbons (Fsp3) is 0.562. The quantitative estimate of drug-likeness (QED) is 0.387. The van der Waals surface area contributed by atoms with Gasteiger partial charge in [-0.15, -0.1) is 0 Å². The minimum Gasteiger partial charge on any atom is -0.378 e. The van der Waals surface area contributed by atoms with Gasteiger partial charge in [-0.1, -0.05) is 43.7 Å². The number of unbranched alkanes of at least 4 members (excludes halogenated alkanes) is 1. The van der Waals surface area contributed by atoms with E-state index in [0.717, 1.165) is 49.9 Å². The molecule has 4 nitrogen and oxygen atoms in total. The maximum absolute atomic E-state index is 14.8. The highest BCUT2D eigenvalue weighted by Crippen LogP contribution is 2.54. The number of halogens is 1. The van der Waals surface area contributed by atoms with Gasteiger partial charge in [0.05, 0.1) is 12.1 Å². The number of likely N-dealkylation sites (tertiary alicyclic amines) is 1. The molecule has 4 fully saturated rings. The molecular formula is C32H41FN4. The van der Waals surface area contributed by atoms with E-state index >= 15 is 0 Å². The lowest BCUT2D eigenvalue weighted by atomic mass is 9.82. The van der Waals surface area contributed by atoms with Crippen molar-refractivity contribution in [3.63, 3.8) is 0 Å². The summed E-state index contributed by atoms with van der Waals surface area (Å²) in [7, 11) is 0. The molecular weight excluding hydrogens is 459 g/mol. The van der Waals surface area contributed by atoms with Crippen LogP contribution in [0.25, 0.3) is 10.9 Å². The molecule has 2 N–H and O–H groups in total. The van der Waals surface area contributed by atoms with Crippen LogP contribution in [-0.2, 0) is 6.42 Å². The fourth-order valence-corrected chi connectivity index (χ4v) is 8.05. The second-order valence-corrected chi connectivity index (χ2v) is 12.4. The summed E-state index contributed by atoms with van der Waals surface area (Å²) in [5.74, 6) is 1.80. The van der Waals surface area contributed by atoms with Gasteiger partial charge in [-0.25, -0.2) is 4.39 Å². The number of anilines is 1. The number of H-pyrrole nitrogens is 1. The highest BCUT2D eigenvalue weighted by molar-refractivity contribution is 5.85. The van der Waals surface area contributed by atoms with Crippen molar-refractivity contribution in [2.75, 3.05) is 25.0 Å². The molecule has 0 spiro atoms. The summed E-state index contributed by atoms with van der Waals surface area (Å²) in [6.45, 7) is 6.98. The normalized spacial score (nSPS) is 33.5. The third-order valence-electron chi connectivity index (χ3n) is 9.93. The van der Waals surface area contributed by atoms with Crippen molar-refractivity contribution in [2.45, 2.75) is 82.7 Å². The number of benzene rings is 2. The average Bonchev–Trinajstić information content (AvgIpc) is 3.65. The third-order valence-corrected chi connectivity index (χ3v) is 9.93. The van der Waals surface area contributed by atoms with Crippen LogP contribution in [0.4, 0.5) is 10.1 Å². The zero-order valence-corrected chi connectivity index (χ0v) is 22.3. The summed E-state index contributed by atoms with van der Waals surface area (Å²) in [6, 6.07) is 19.1. The van der Waals surface area contributed by atoms with E-state index in [9.17, 15) is 4.39 Å². The molecule has 0 amide bonds. The zero-order valence-electron chi connectivity index (χ0n) is 22.3. The van der Waals surface area contributed by atoms with Crippen LogP contribution in [0.3, 0.4) is 0 Å². The van der Waals surface area contributed by atoms with Crippen LogP contribution in [0.5, 0.6) is 0 Å². The number of rotatable bonds is 7. The molecule has 2 aliphatic heterocycles. The van der Waals surface area contributed by atoms with E-state index in [1.54, 1.807) is 0 Å². The van der Waals surface area contributed by atoms with Gasteiger partial charge in [0.1, 0.15) is 6.17 Å². The van der Waals surface area contributed by atoms with Crippen LogP contribution >= 0.6 is 0 Å². The minimum atomic E-state index is -0.811. The first-order valence-electron chi connectivity index (χ1n) is 14.7. The Bertz CT molecular complexity index is 1250. The molecule has 37 heavy (non-hydrogen) atoms. The molecule has 5 aliphatic rings. The van der Waals surface area contributed by atoms with Crippen molar-refractivity contribution in [3.05, 3.63) is 65.4 Å². The van der Waals surface area contributed by atoms with Crippen molar-refractivity contribution in [1.82, 2.24) is 14.8 Å². The molecule has 2 aromatic carbocycles. The number of hydrogen-bond donors (Lipinski definition) is 2. The van der Waals surface area contributed by atoms with Crippen LogP contribution < -0.4 is 5.32 Å². The van der Waals surface area contributed by atoms with Gasteiger partial charge in [0.15, 0.2) is 0 Å². The fourth-order valence-electron chi connectivity index (χ4n) is 8.05. The maximum Gasteiger partial charge on any atom is 0.134 e. The van der Waals surface area contributed by atoms with Crippen LogP contribution in [0.2, 0.25) is 0 Å². The second-order valence-electron chi connectivity index (χ2n) is 12.4. The SMILES string of the molecule is CCCCN1C[C@@H](F)[C@H](Nc2ccc([C@@H]3c4[nH]c5ccccc5c4C[C@@H](C)N3[C@@H]3CC4CC3C4)cc2)C1. The Morgan fingerprint density at radius 2 is 1.84 bits per heavy atom. The van der Waals surface area contributed by atoms with Crippen molar-refractivity contribution in [1.29, 1.82) is 0 Å². The number of nitrogens with zero attached hydrogens (tertiary/aromatic N) is 2. The van der Waals surface area contributed by atoms with E-state index in [2.05, 4.69) is 82.5 Å². The molecule has 5 atom stereocenters. The number of hydrogen-bond acceptors (Lipinski definition) is 3. The van der Waals surface area contributed by atoms with Crippen molar-refractivity contribution in [2.24, 2.45) is 11.8 Å². The van der Waals surface area contributed by atoms with E-state index in [-0.39, 0.29) is 12.1 Å². The van der Waals surface area contributed by atoms with Gasteiger partial charge in [0, 0.05) is 47.5 Å². The summed E-state index contributed by atoms with van der Waals surface area (Å²) in [4.78, 5) is 8.98. The van der Waals surface area contributed by atoms with Crippen LogP contribution in [-0.4, -0.2) is 58.7 Å². The lowest BCUT2D eigenvalue weighted by Gasteiger charge is -2.46. The van der Waals surface area contributed by atoms with Gasteiger partial charge in [-0.3, -0.25) is 9.80 Å². The first-order chi connectivity index (χ1) is 18.1. The molecule has 3 heterocycles. The number of aromatic nitrogens is 1. The summed E-state index contributed by atoms with van der Waals surface area (Å²) in [5.41, 5.74) is 6.51. The molecule has 3 saturated carbocycles. The van der Waals surface area contributed by atoms with Gasteiger partial charge in [0.25, 0.3) is 0 Å². The van der Waals surface area contributed by atoms with E-state index in [1.807, 2.05) is 0 Å². The topological polar surface area (TPSA) is 34.3 Å². The Morgan fingerprint density at radius 1 is 1.03 bits per heavy atom. The molecule has 1 aromatic heterocycles. The number of fused-ring (bicyclic) bond motifs is 4. The van der Waals surface area contributed by atoms with E-state index in [1.165, 1.54) is 47.0 Å². The Hall–Kier alpha value is -2.37. The summed E-state index contributed by atoms with van der Waals surface area (Å²) in [6.07, 6.45) is 6.79. The minimum absolute atomic E-state index is 0.125. The number of para-hydroxylation sites is 1. The molecule has 1 saturated heterocycles. The highest BCUT2D eigenvalue weighted by Gasteiger charge is 2.51. The van der Waals surface area contributed by atoms with E-state index in [4.69, 9.17) is 0 Å². The lowest BCUT2D eigenvalue weighted by molar-refractivity contribution is 0.0712. The van der Waals surface area contributed by atoms with Gasteiger partial charge >= 0.3 is 0 Å². The van der Waals surface area contributed by atoms with Crippen molar-refractivity contribution >= 4 is 16.6 Å². The standard InChI is InChI=1S/C32H41FN4/c1-3-4-13-36-18-27(33)29(19-36)34-24-11-9-22(10-12-24)32-31-26(25-7-5-6-8-28(25)35-31)14-20(2)37(32)30-17-21-15-23(30)16-21/h5-12,20-21,23,27,29-30,32,34-35H,3-4,13-19H2,1-2H3/t20-,21?,23?,27-,29-,30-,32-/m1/s1. The van der Waals surface area contributed by atoms with Crippen LogP contribution in [0, 0.1) is 11.8 Å². The third kappa shape index (κ3) is 4.10. The van der Waals surface area contributed by atoms with E-state index < -0.39 is 6.17 Å². The van der Waals surface area contributed by atoms with Crippen molar-refractivity contribution < 1.29 is 4.39 Å². The van der Waals surface area contributed by atoms with Crippen molar-refractivity contribution in [3.8, 4) is 0 Å². The van der Waals surface area contributed by atoms with Crippen LogP contribution in [0.1, 0.15) is 68.8 Å². The molecule has 8 rings (SSSR count). The van der Waals surface area contributed by atoms with Gasteiger partial charge in [0.2, 0.25) is 0 Å². The second kappa shape index (κ2) is 9.43. The lowest BCUT2D eigenvalue weighted by Crippen LogP contribution is -2.49. The average molecular weight is 501 g/mol. The number of nitrogens with one attached hydrogen (secondary N) is 2. The highest BCUT2D eigenvalue weighted by atomic mass is 19.1. The first-order valence-corrected chi connectivity index (χ1v) is 14.7. The zero-order chi connectivity index (χ0) is 25.1. The number of aromatic amines is 1. The molecule has 0 radical (unpaired) electrons. The van der Waals surface area contributed by atoms with Crippen LogP contribution in [0.15, 0.2) is 48.5 Å². The number of alkyl halides is 1. The largest absolute Gasteiger partial charge is 0.378 e. The molecule has 3 aliphatic carbocycles. The van der Waals surface area contributed by atoms with E-state index in [0.29, 0.717) is 18.6 Å². The maximum atomic E-state index is 14.8. The molecule has 5 heteroatoms. The summed E-state index contributed by atoms with van der Waals surface area (Å²) in [5, 5.41) is 4.90. The van der Waals surface area contributed by atoms with Gasteiger partial charge in [-0.2, -0.15) is 0 Å². The molecule has 0 unspecified atom stereocenters. The smallest absolute Gasteiger partial charge is 0.134 e. The molecule has 2 bridgehead atoms. The first kappa shape index (κ1) is 23.7. The Kier molecular flexibility index (Phi) is 6.04. The Balaban J connectivity index is 1.18. The summed E-state index contributed by atoms with van der Waals surface area (Å²) >= 11 is 0. The monoisotopic (exact) mass is 500 g/mol. The Morgan fingerprint density at radius 3 is 2.59 bits per heavy atom. The molecule has 196 valence electrons. The predicted octanol–water partition coefficient (Wildman–Crippen LogP) is 6.54. The predicted molar refractivity (Wildman–Crippen MR) is 150 cm³/mol. The summed E-state index contributed by atoms with van der Waals surface area (Å²) < 4.78 is 14.8. The Labute approximate surface area is 220 Å².